The molecule has 1 heterocycles. The minimum atomic E-state index is 0.173. The van der Waals surface area contributed by atoms with Crippen molar-refractivity contribution in [1.29, 1.82) is 0 Å². The van der Waals surface area contributed by atoms with Crippen molar-refractivity contribution in [2.75, 3.05) is 18.1 Å². The number of halogens is 1. The van der Waals surface area contributed by atoms with Crippen molar-refractivity contribution in [2.24, 2.45) is 0 Å². The van der Waals surface area contributed by atoms with Gasteiger partial charge in [-0.3, -0.25) is 0 Å². The monoisotopic (exact) mass is 320 g/mol. The van der Waals surface area contributed by atoms with Gasteiger partial charge in [-0.05, 0) is 53.4 Å². The van der Waals surface area contributed by atoms with Gasteiger partial charge in [-0.2, -0.15) is 0 Å². The third-order valence-electron chi connectivity index (χ3n) is 3.81. The molecule has 4 heteroatoms. The van der Waals surface area contributed by atoms with Crippen LogP contribution in [0, 0.1) is 0 Å². The average Bonchev–Trinajstić information content (AvgIpc) is 2.36. The van der Waals surface area contributed by atoms with Gasteiger partial charge in [0.05, 0.1) is 12.1 Å². The molecule has 0 amide bonds. The van der Waals surface area contributed by atoms with Crippen LogP contribution in [0.1, 0.15) is 19.3 Å². The molecule has 1 aliphatic rings. The van der Waals surface area contributed by atoms with E-state index in [1.807, 2.05) is 12.1 Å². The lowest BCUT2D eigenvalue weighted by atomic mass is 9.91. The fourth-order valence-corrected chi connectivity index (χ4v) is 3.02. The highest BCUT2D eigenvalue weighted by Gasteiger charge is 2.25. The second-order valence-electron chi connectivity index (χ2n) is 4.98. The molecule has 2 aromatic rings. The van der Waals surface area contributed by atoms with Crippen molar-refractivity contribution in [2.45, 2.75) is 25.3 Å². The number of anilines is 1. The number of fused-ring (bicyclic) bond motifs is 1. The van der Waals surface area contributed by atoms with Crippen LogP contribution in [0.25, 0.3) is 10.9 Å². The van der Waals surface area contributed by atoms with Crippen molar-refractivity contribution in [3.8, 4) is 0 Å². The second-order valence-corrected chi connectivity index (χ2v) is 5.84. The summed E-state index contributed by atoms with van der Waals surface area (Å²) in [4.78, 5) is 7.00. The van der Waals surface area contributed by atoms with Gasteiger partial charge in [-0.15, -0.1) is 0 Å². The predicted molar refractivity (Wildman–Crippen MR) is 81.5 cm³/mol. The molecule has 1 aromatic carbocycles. The Morgan fingerprint density at radius 2 is 2.11 bits per heavy atom. The molecule has 0 radical (unpaired) electrons. The van der Waals surface area contributed by atoms with Gasteiger partial charge in [0, 0.05) is 22.4 Å². The fourth-order valence-electron chi connectivity index (χ4n) is 2.55. The van der Waals surface area contributed by atoms with Gasteiger partial charge >= 0.3 is 0 Å². The maximum atomic E-state index is 9.26. The van der Waals surface area contributed by atoms with Crippen molar-refractivity contribution in [3.05, 3.63) is 34.8 Å². The van der Waals surface area contributed by atoms with Crippen molar-refractivity contribution >= 4 is 32.7 Å². The van der Waals surface area contributed by atoms with Crippen LogP contribution >= 0.6 is 15.9 Å². The number of hydrogen-bond donors (Lipinski definition) is 1. The van der Waals surface area contributed by atoms with E-state index in [0.29, 0.717) is 12.6 Å². The summed E-state index contributed by atoms with van der Waals surface area (Å²) in [5.74, 6) is 0.971. The molecule has 0 spiro atoms. The molecule has 0 saturated heterocycles. The smallest absolute Gasteiger partial charge is 0.129 e. The third-order valence-corrected chi connectivity index (χ3v) is 4.45. The van der Waals surface area contributed by atoms with E-state index >= 15 is 0 Å². The molecule has 3 nitrogen and oxygen atoms in total. The number of pyridine rings is 1. The Morgan fingerprint density at radius 3 is 2.79 bits per heavy atom. The summed E-state index contributed by atoms with van der Waals surface area (Å²) < 4.78 is 1.02. The topological polar surface area (TPSA) is 36.4 Å². The van der Waals surface area contributed by atoms with E-state index < -0.39 is 0 Å². The first kappa shape index (κ1) is 12.9. The number of para-hydroxylation sites is 1. The van der Waals surface area contributed by atoms with Gasteiger partial charge in [-0.1, -0.05) is 12.1 Å². The zero-order valence-corrected chi connectivity index (χ0v) is 12.3. The highest BCUT2D eigenvalue weighted by atomic mass is 79.9. The summed E-state index contributed by atoms with van der Waals surface area (Å²) in [6.45, 7) is 0.833. The summed E-state index contributed by atoms with van der Waals surface area (Å²) in [6, 6.07) is 10.8. The zero-order chi connectivity index (χ0) is 13.2. The number of aliphatic hydroxyl groups excluding tert-OH is 1. The minimum absolute atomic E-state index is 0.173. The van der Waals surface area contributed by atoms with E-state index in [9.17, 15) is 5.11 Å². The van der Waals surface area contributed by atoms with E-state index in [0.717, 1.165) is 21.2 Å². The molecule has 0 unspecified atom stereocenters. The second kappa shape index (κ2) is 5.47. The summed E-state index contributed by atoms with van der Waals surface area (Å²) >= 11 is 3.56. The number of nitrogens with zero attached hydrogens (tertiary/aromatic N) is 2. The SMILES string of the molecule is OCCN(c1ccc2cccc(Br)c2n1)C1CCC1. The molecule has 1 aromatic heterocycles. The summed E-state index contributed by atoms with van der Waals surface area (Å²) in [7, 11) is 0. The normalized spacial score (nSPS) is 15.5. The quantitative estimate of drug-likeness (QED) is 0.938. The number of aromatic nitrogens is 1. The Bertz CT molecular complexity index is 583. The van der Waals surface area contributed by atoms with Gasteiger partial charge in [-0.25, -0.2) is 4.98 Å². The average molecular weight is 321 g/mol. The maximum Gasteiger partial charge on any atom is 0.129 e. The molecule has 1 N–H and O–H groups in total. The molecule has 1 saturated carbocycles. The van der Waals surface area contributed by atoms with E-state index in [4.69, 9.17) is 4.98 Å². The highest BCUT2D eigenvalue weighted by molar-refractivity contribution is 9.10. The van der Waals surface area contributed by atoms with Crippen LogP contribution in [0.2, 0.25) is 0 Å². The number of aliphatic hydroxyl groups is 1. The lowest BCUT2D eigenvalue weighted by molar-refractivity contribution is 0.283. The molecule has 0 bridgehead atoms. The summed E-state index contributed by atoms with van der Waals surface area (Å²) in [5.41, 5.74) is 0.988. The van der Waals surface area contributed by atoms with Gasteiger partial charge in [0.1, 0.15) is 5.82 Å². The van der Waals surface area contributed by atoms with Gasteiger partial charge in [0.15, 0.2) is 0 Å². The van der Waals surface area contributed by atoms with Crippen LogP contribution in [0.4, 0.5) is 5.82 Å². The number of rotatable bonds is 4. The van der Waals surface area contributed by atoms with Crippen LogP contribution in [0.5, 0.6) is 0 Å². The summed E-state index contributed by atoms with van der Waals surface area (Å²) in [6.07, 6.45) is 3.69. The third kappa shape index (κ3) is 2.47. The molecular formula is C15H17BrN2O. The largest absolute Gasteiger partial charge is 0.395 e. The standard InChI is InChI=1S/C15H17BrN2O/c16-13-6-1-3-11-7-8-14(17-15(11)13)18(9-10-19)12-4-2-5-12/h1,3,6-8,12,19H,2,4-5,9-10H2. The highest BCUT2D eigenvalue weighted by Crippen LogP contribution is 2.30. The van der Waals surface area contributed by atoms with Gasteiger partial charge in [0.2, 0.25) is 0 Å². The zero-order valence-electron chi connectivity index (χ0n) is 10.7. The first-order valence-electron chi connectivity index (χ1n) is 6.72. The first-order chi connectivity index (χ1) is 9.29. The Hall–Kier alpha value is -1.13. The lowest BCUT2D eigenvalue weighted by Gasteiger charge is -2.38. The predicted octanol–water partition coefficient (Wildman–Crippen LogP) is 3.35. The lowest BCUT2D eigenvalue weighted by Crippen LogP contribution is -2.42. The van der Waals surface area contributed by atoms with Crippen LogP contribution in [0.3, 0.4) is 0 Å². The Kier molecular flexibility index (Phi) is 3.71. The molecule has 3 rings (SSSR count). The van der Waals surface area contributed by atoms with E-state index in [-0.39, 0.29) is 6.61 Å². The van der Waals surface area contributed by atoms with Crippen LogP contribution in [0.15, 0.2) is 34.8 Å². The number of hydrogen-bond acceptors (Lipinski definition) is 3. The van der Waals surface area contributed by atoms with Crippen LogP contribution in [-0.2, 0) is 0 Å². The minimum Gasteiger partial charge on any atom is -0.395 e. The van der Waals surface area contributed by atoms with E-state index in [1.54, 1.807) is 0 Å². The molecule has 100 valence electrons. The van der Waals surface area contributed by atoms with Crippen LogP contribution in [-0.4, -0.2) is 29.3 Å². The molecule has 0 atom stereocenters. The molecule has 1 fully saturated rings. The van der Waals surface area contributed by atoms with Crippen molar-refractivity contribution in [3.63, 3.8) is 0 Å². The Labute approximate surface area is 121 Å². The number of benzene rings is 1. The van der Waals surface area contributed by atoms with Gasteiger partial charge < -0.3 is 10.0 Å². The molecule has 0 aliphatic heterocycles. The Morgan fingerprint density at radius 1 is 1.26 bits per heavy atom. The maximum absolute atomic E-state index is 9.26. The molecule has 1 aliphatic carbocycles. The Balaban J connectivity index is 2.00. The molecular weight excluding hydrogens is 304 g/mol. The van der Waals surface area contributed by atoms with Crippen molar-refractivity contribution in [1.82, 2.24) is 4.98 Å². The van der Waals surface area contributed by atoms with E-state index in [2.05, 4.69) is 39.0 Å². The summed E-state index contributed by atoms with van der Waals surface area (Å²) in [5, 5.41) is 10.4. The fraction of sp³-hybridized carbons (Fsp3) is 0.400. The molecule has 19 heavy (non-hydrogen) atoms. The van der Waals surface area contributed by atoms with Gasteiger partial charge in [0.25, 0.3) is 0 Å². The van der Waals surface area contributed by atoms with Crippen LogP contribution < -0.4 is 4.90 Å². The van der Waals surface area contributed by atoms with E-state index in [1.165, 1.54) is 19.3 Å². The first-order valence-corrected chi connectivity index (χ1v) is 7.51. The van der Waals surface area contributed by atoms with Crippen molar-refractivity contribution < 1.29 is 5.11 Å².